The van der Waals surface area contributed by atoms with E-state index in [2.05, 4.69) is 15.5 Å². The average molecular weight is 410 g/mol. The predicted octanol–water partition coefficient (Wildman–Crippen LogP) is 1.96. The number of carbonyl (C=O) groups is 3. The molecule has 158 valence electrons. The van der Waals surface area contributed by atoms with Crippen molar-refractivity contribution in [2.45, 2.75) is 31.8 Å². The lowest BCUT2D eigenvalue weighted by Crippen LogP contribution is -2.55. The molecule has 30 heavy (non-hydrogen) atoms. The lowest BCUT2D eigenvalue weighted by molar-refractivity contribution is -0.126. The van der Waals surface area contributed by atoms with Crippen LogP contribution in [0.4, 0.5) is 5.69 Å². The van der Waals surface area contributed by atoms with Gasteiger partial charge in [0.2, 0.25) is 5.91 Å². The Morgan fingerprint density at radius 2 is 1.73 bits per heavy atom. The monoisotopic (exact) mass is 410 g/mol. The molecule has 1 atom stereocenters. The molecular weight excluding hydrogens is 384 g/mol. The van der Waals surface area contributed by atoms with Crippen LogP contribution in [0, 0.1) is 0 Å². The van der Waals surface area contributed by atoms with Gasteiger partial charge < -0.3 is 20.0 Å². The summed E-state index contributed by atoms with van der Waals surface area (Å²) in [5.74, 6) is -0.0822. The Labute approximate surface area is 175 Å². The van der Waals surface area contributed by atoms with Gasteiger partial charge in [0, 0.05) is 43.5 Å². The molecule has 2 fully saturated rings. The molecule has 1 aromatic heterocycles. The zero-order valence-electron chi connectivity index (χ0n) is 17.0. The fraction of sp³-hybridized carbons (Fsp3) is 0.409. The Kier molecular flexibility index (Phi) is 5.85. The van der Waals surface area contributed by atoms with Gasteiger partial charge in [-0.05, 0) is 56.2 Å². The molecule has 0 bridgehead atoms. The second-order valence-corrected chi connectivity index (χ2v) is 7.80. The molecule has 1 aromatic carbocycles. The zero-order chi connectivity index (χ0) is 21.1. The van der Waals surface area contributed by atoms with Crippen molar-refractivity contribution in [3.05, 3.63) is 54.0 Å². The average Bonchev–Trinajstić information content (AvgIpc) is 3.40. The number of hydrogen-bond acceptors (Lipinski definition) is 5. The summed E-state index contributed by atoms with van der Waals surface area (Å²) in [5, 5.41) is 5.78. The molecule has 2 aliphatic rings. The summed E-state index contributed by atoms with van der Waals surface area (Å²) in [6, 6.07) is 10.2. The second-order valence-electron chi connectivity index (χ2n) is 7.80. The molecule has 2 aromatic rings. The SMILES string of the molecule is CC(C(=O)NC1CC1)N1CCN(C(=O)c2ccc(NC(=O)c3ccco3)cc2)CC1. The van der Waals surface area contributed by atoms with Gasteiger partial charge in [-0.1, -0.05) is 0 Å². The fourth-order valence-corrected chi connectivity index (χ4v) is 3.51. The van der Waals surface area contributed by atoms with Crippen LogP contribution in [0.25, 0.3) is 0 Å². The number of carbonyl (C=O) groups excluding carboxylic acids is 3. The van der Waals surface area contributed by atoms with Crippen LogP contribution in [-0.4, -0.2) is 65.8 Å². The van der Waals surface area contributed by atoms with Crippen molar-refractivity contribution in [2.24, 2.45) is 0 Å². The lowest BCUT2D eigenvalue weighted by atomic mass is 10.1. The number of furan rings is 1. The van der Waals surface area contributed by atoms with Crippen molar-refractivity contribution in [1.29, 1.82) is 0 Å². The number of anilines is 1. The highest BCUT2D eigenvalue weighted by Gasteiger charge is 2.31. The molecule has 1 saturated heterocycles. The predicted molar refractivity (Wildman–Crippen MR) is 111 cm³/mol. The third kappa shape index (κ3) is 4.71. The molecule has 3 amide bonds. The van der Waals surface area contributed by atoms with Crippen molar-refractivity contribution in [1.82, 2.24) is 15.1 Å². The highest BCUT2D eigenvalue weighted by molar-refractivity contribution is 6.02. The van der Waals surface area contributed by atoms with E-state index in [-0.39, 0.29) is 29.5 Å². The Hall–Kier alpha value is -3.13. The Bertz CT molecular complexity index is 898. The largest absolute Gasteiger partial charge is 0.459 e. The summed E-state index contributed by atoms with van der Waals surface area (Å²) in [7, 11) is 0. The van der Waals surface area contributed by atoms with Crippen molar-refractivity contribution >= 4 is 23.4 Å². The molecule has 2 N–H and O–H groups in total. The first-order valence-corrected chi connectivity index (χ1v) is 10.3. The minimum absolute atomic E-state index is 0.0475. The summed E-state index contributed by atoms with van der Waals surface area (Å²) in [4.78, 5) is 41.0. The molecule has 8 heteroatoms. The van der Waals surface area contributed by atoms with Crippen LogP contribution in [0.1, 0.15) is 40.7 Å². The molecule has 1 unspecified atom stereocenters. The van der Waals surface area contributed by atoms with Crippen LogP contribution < -0.4 is 10.6 Å². The van der Waals surface area contributed by atoms with Gasteiger partial charge >= 0.3 is 0 Å². The van der Waals surface area contributed by atoms with Gasteiger partial charge in [-0.15, -0.1) is 0 Å². The van der Waals surface area contributed by atoms with Crippen molar-refractivity contribution in [2.75, 3.05) is 31.5 Å². The van der Waals surface area contributed by atoms with Crippen LogP contribution in [0.5, 0.6) is 0 Å². The van der Waals surface area contributed by atoms with Crippen LogP contribution in [-0.2, 0) is 4.79 Å². The van der Waals surface area contributed by atoms with E-state index >= 15 is 0 Å². The third-order valence-corrected chi connectivity index (χ3v) is 5.59. The highest BCUT2D eigenvalue weighted by atomic mass is 16.3. The number of amides is 3. The standard InChI is InChI=1S/C22H26N4O4/c1-15(20(27)23-18-8-9-18)25-10-12-26(13-11-25)22(29)16-4-6-17(7-5-16)24-21(28)19-3-2-14-30-19/h2-7,14-15,18H,8-13H2,1H3,(H,23,27)(H,24,28). The van der Waals surface area contributed by atoms with Crippen LogP contribution in [0.2, 0.25) is 0 Å². The van der Waals surface area contributed by atoms with Crippen LogP contribution >= 0.6 is 0 Å². The summed E-state index contributed by atoms with van der Waals surface area (Å²) in [6.45, 7) is 4.42. The van der Waals surface area contributed by atoms with E-state index in [0.717, 1.165) is 12.8 Å². The smallest absolute Gasteiger partial charge is 0.291 e. The van der Waals surface area contributed by atoms with E-state index in [9.17, 15) is 14.4 Å². The van der Waals surface area contributed by atoms with Gasteiger partial charge in [0.25, 0.3) is 11.8 Å². The van der Waals surface area contributed by atoms with E-state index in [4.69, 9.17) is 4.42 Å². The highest BCUT2D eigenvalue weighted by Crippen LogP contribution is 2.20. The lowest BCUT2D eigenvalue weighted by Gasteiger charge is -2.37. The molecule has 1 saturated carbocycles. The van der Waals surface area contributed by atoms with Gasteiger partial charge in [-0.3, -0.25) is 19.3 Å². The zero-order valence-corrected chi connectivity index (χ0v) is 17.0. The second kappa shape index (κ2) is 8.71. The van der Waals surface area contributed by atoms with Crippen molar-refractivity contribution in [3.63, 3.8) is 0 Å². The first-order valence-electron chi connectivity index (χ1n) is 10.3. The molecule has 0 radical (unpaired) electrons. The quantitative estimate of drug-likeness (QED) is 0.759. The number of piperazine rings is 1. The number of benzene rings is 1. The van der Waals surface area contributed by atoms with E-state index < -0.39 is 0 Å². The minimum Gasteiger partial charge on any atom is -0.459 e. The first-order chi connectivity index (χ1) is 14.5. The number of hydrogen-bond donors (Lipinski definition) is 2. The maximum absolute atomic E-state index is 12.8. The van der Waals surface area contributed by atoms with Gasteiger partial charge in [-0.25, -0.2) is 0 Å². The molecule has 4 rings (SSSR count). The van der Waals surface area contributed by atoms with Gasteiger partial charge in [-0.2, -0.15) is 0 Å². The van der Waals surface area contributed by atoms with Crippen molar-refractivity contribution in [3.8, 4) is 0 Å². The fourth-order valence-electron chi connectivity index (χ4n) is 3.51. The van der Waals surface area contributed by atoms with E-state index in [0.29, 0.717) is 43.5 Å². The van der Waals surface area contributed by atoms with Gasteiger partial charge in [0.05, 0.1) is 12.3 Å². The first kappa shape index (κ1) is 20.2. The van der Waals surface area contributed by atoms with Gasteiger partial charge in [0.1, 0.15) is 0 Å². The number of nitrogens with zero attached hydrogens (tertiary/aromatic N) is 2. The number of nitrogens with one attached hydrogen (secondary N) is 2. The summed E-state index contributed by atoms with van der Waals surface area (Å²) in [5.41, 5.74) is 1.16. The van der Waals surface area contributed by atoms with E-state index in [1.54, 1.807) is 41.3 Å². The van der Waals surface area contributed by atoms with Crippen LogP contribution in [0.15, 0.2) is 47.1 Å². The Morgan fingerprint density at radius 3 is 2.33 bits per heavy atom. The maximum Gasteiger partial charge on any atom is 0.291 e. The number of rotatable bonds is 6. The molecule has 8 nitrogen and oxygen atoms in total. The molecule has 1 aliphatic carbocycles. The third-order valence-electron chi connectivity index (χ3n) is 5.59. The van der Waals surface area contributed by atoms with E-state index in [1.807, 2.05) is 6.92 Å². The summed E-state index contributed by atoms with van der Waals surface area (Å²) < 4.78 is 5.07. The molecule has 0 spiro atoms. The van der Waals surface area contributed by atoms with Crippen LogP contribution in [0.3, 0.4) is 0 Å². The van der Waals surface area contributed by atoms with Gasteiger partial charge in [0.15, 0.2) is 5.76 Å². The Balaban J connectivity index is 1.28. The molecular formula is C22H26N4O4. The summed E-state index contributed by atoms with van der Waals surface area (Å²) in [6.07, 6.45) is 3.59. The Morgan fingerprint density at radius 1 is 1.03 bits per heavy atom. The van der Waals surface area contributed by atoms with Crippen molar-refractivity contribution < 1.29 is 18.8 Å². The minimum atomic E-state index is -0.338. The van der Waals surface area contributed by atoms with E-state index in [1.165, 1.54) is 6.26 Å². The maximum atomic E-state index is 12.8. The molecule has 2 heterocycles. The normalized spacial score (nSPS) is 18.0. The topological polar surface area (TPSA) is 94.9 Å². The molecule has 1 aliphatic heterocycles. The summed E-state index contributed by atoms with van der Waals surface area (Å²) >= 11 is 0.